The van der Waals surface area contributed by atoms with Crippen LogP contribution in [0.4, 0.5) is 0 Å². The fourth-order valence-electron chi connectivity index (χ4n) is 4.54. The van der Waals surface area contributed by atoms with Gasteiger partial charge in [-0.2, -0.15) is 0 Å². The van der Waals surface area contributed by atoms with Crippen LogP contribution < -0.4 is 0 Å². The van der Waals surface area contributed by atoms with Gasteiger partial charge in [-0.05, 0) is 48.3 Å². The van der Waals surface area contributed by atoms with Gasteiger partial charge in [-0.3, -0.25) is 0 Å². The van der Waals surface area contributed by atoms with E-state index < -0.39 is 0 Å². The van der Waals surface area contributed by atoms with Crippen molar-refractivity contribution in [1.29, 1.82) is 0 Å². The molecule has 0 heterocycles. The summed E-state index contributed by atoms with van der Waals surface area (Å²) in [5.41, 5.74) is 0. The van der Waals surface area contributed by atoms with Crippen molar-refractivity contribution < 1.29 is 0 Å². The Morgan fingerprint density at radius 1 is 1.00 bits per heavy atom. The van der Waals surface area contributed by atoms with Gasteiger partial charge in [-0.1, -0.05) is 47.0 Å². The molecule has 0 bridgehead atoms. The Labute approximate surface area is 95.8 Å². The first-order valence-electron chi connectivity index (χ1n) is 7.16. The maximum atomic E-state index is 2.52. The highest BCUT2D eigenvalue weighted by Crippen LogP contribution is 2.60. The second kappa shape index (κ2) is 4.47. The van der Waals surface area contributed by atoms with Crippen LogP contribution in [0.15, 0.2) is 0 Å². The third-order valence-electron chi connectivity index (χ3n) is 5.62. The van der Waals surface area contributed by atoms with Gasteiger partial charge in [-0.15, -0.1) is 0 Å². The lowest BCUT2D eigenvalue weighted by atomic mass is 9.56. The number of rotatable bonds is 4. The summed E-state index contributed by atoms with van der Waals surface area (Å²) in [4.78, 5) is 0. The fraction of sp³-hybridized carbons (Fsp3) is 1.00. The summed E-state index contributed by atoms with van der Waals surface area (Å²) < 4.78 is 0. The first kappa shape index (κ1) is 11.5. The van der Waals surface area contributed by atoms with Crippen LogP contribution in [0.1, 0.15) is 59.8 Å². The molecule has 2 fully saturated rings. The molecule has 6 atom stereocenters. The zero-order valence-electron chi connectivity index (χ0n) is 11.0. The van der Waals surface area contributed by atoms with Crippen LogP contribution in [0.5, 0.6) is 0 Å². The lowest BCUT2D eigenvalue weighted by Crippen LogP contribution is -2.44. The molecule has 2 aliphatic carbocycles. The molecule has 2 rings (SSSR count). The minimum absolute atomic E-state index is 0.999. The van der Waals surface area contributed by atoms with Crippen LogP contribution >= 0.6 is 0 Å². The number of hydrogen-bond acceptors (Lipinski definition) is 0. The van der Waals surface area contributed by atoms with E-state index in [0.717, 1.165) is 35.5 Å². The van der Waals surface area contributed by atoms with Gasteiger partial charge < -0.3 is 0 Å². The predicted octanol–water partition coefficient (Wildman–Crippen LogP) is 4.74. The molecule has 0 aromatic carbocycles. The molecule has 15 heavy (non-hydrogen) atoms. The molecule has 2 aliphatic rings. The third-order valence-corrected chi connectivity index (χ3v) is 5.62. The van der Waals surface area contributed by atoms with Crippen LogP contribution in [0.2, 0.25) is 0 Å². The van der Waals surface area contributed by atoms with Crippen molar-refractivity contribution in [3.63, 3.8) is 0 Å². The number of hydrogen-bond donors (Lipinski definition) is 0. The molecule has 0 radical (unpaired) electrons. The largest absolute Gasteiger partial charge is 0.0654 e. The van der Waals surface area contributed by atoms with Gasteiger partial charge in [0.25, 0.3) is 0 Å². The second-order valence-corrected chi connectivity index (χ2v) is 6.33. The lowest BCUT2D eigenvalue weighted by molar-refractivity contribution is -0.0127. The molecule has 6 unspecified atom stereocenters. The molecule has 0 aliphatic heterocycles. The summed E-state index contributed by atoms with van der Waals surface area (Å²) in [6.45, 7) is 9.80. The topological polar surface area (TPSA) is 0 Å². The molecule has 0 aromatic heterocycles. The van der Waals surface area contributed by atoms with Crippen molar-refractivity contribution in [3.8, 4) is 0 Å². The van der Waals surface area contributed by atoms with E-state index in [1.54, 1.807) is 0 Å². The molecule has 0 saturated heterocycles. The molecule has 0 heteroatoms. The Kier molecular flexibility index (Phi) is 3.42. The van der Waals surface area contributed by atoms with Gasteiger partial charge in [0.2, 0.25) is 0 Å². The molecule has 88 valence electrons. The Balaban J connectivity index is 1.84. The van der Waals surface area contributed by atoms with Crippen molar-refractivity contribution in [2.75, 3.05) is 0 Å². The van der Waals surface area contributed by atoms with E-state index in [0.29, 0.717) is 0 Å². The molecule has 0 spiro atoms. The van der Waals surface area contributed by atoms with Crippen molar-refractivity contribution in [3.05, 3.63) is 0 Å². The first-order valence-corrected chi connectivity index (χ1v) is 7.16. The highest BCUT2D eigenvalue weighted by Gasteiger charge is 2.54. The highest BCUT2D eigenvalue weighted by molar-refractivity contribution is 5.02. The van der Waals surface area contributed by atoms with Crippen molar-refractivity contribution >= 4 is 0 Å². The van der Waals surface area contributed by atoms with E-state index in [-0.39, 0.29) is 0 Å². The van der Waals surface area contributed by atoms with Gasteiger partial charge in [0.15, 0.2) is 0 Å². The maximum Gasteiger partial charge on any atom is -0.0326 e. The number of fused-ring (bicyclic) bond motifs is 1. The lowest BCUT2D eigenvalue weighted by Gasteiger charge is -2.49. The van der Waals surface area contributed by atoms with Gasteiger partial charge in [-0.25, -0.2) is 0 Å². The average Bonchev–Trinajstić information content (AvgIpc) is 2.47. The van der Waals surface area contributed by atoms with Gasteiger partial charge in [0.1, 0.15) is 0 Å². The minimum Gasteiger partial charge on any atom is -0.0654 e. The van der Waals surface area contributed by atoms with Crippen LogP contribution in [-0.4, -0.2) is 0 Å². The van der Waals surface area contributed by atoms with Crippen molar-refractivity contribution in [1.82, 2.24) is 0 Å². The van der Waals surface area contributed by atoms with E-state index >= 15 is 0 Å². The van der Waals surface area contributed by atoms with Crippen LogP contribution in [0, 0.1) is 35.5 Å². The SMILES string of the molecule is CCCCCC1C(C)C2C(C)C(C)CC12. The molecule has 2 saturated carbocycles. The maximum absolute atomic E-state index is 2.52. The van der Waals surface area contributed by atoms with E-state index in [9.17, 15) is 0 Å². The van der Waals surface area contributed by atoms with Gasteiger partial charge in [0.05, 0.1) is 0 Å². The predicted molar refractivity (Wildman–Crippen MR) is 66.7 cm³/mol. The Morgan fingerprint density at radius 3 is 2.40 bits per heavy atom. The van der Waals surface area contributed by atoms with E-state index in [1.165, 1.54) is 32.1 Å². The Hall–Kier alpha value is 0. The summed E-state index contributed by atoms with van der Waals surface area (Å²) in [5, 5.41) is 0. The standard InChI is InChI=1S/C15H28/c1-5-6-7-8-13-12(4)15-11(3)10(2)9-14(13)15/h10-15H,5-9H2,1-4H3. The molecule has 0 N–H and O–H groups in total. The Bertz CT molecular complexity index is 208. The smallest absolute Gasteiger partial charge is 0.0326 e. The zero-order valence-corrected chi connectivity index (χ0v) is 11.0. The van der Waals surface area contributed by atoms with E-state index in [4.69, 9.17) is 0 Å². The normalized spacial score (nSPS) is 48.8. The van der Waals surface area contributed by atoms with Crippen LogP contribution in [-0.2, 0) is 0 Å². The molecule has 0 aromatic rings. The molecule has 0 nitrogen and oxygen atoms in total. The molecular weight excluding hydrogens is 180 g/mol. The highest BCUT2D eigenvalue weighted by atomic mass is 14.6. The van der Waals surface area contributed by atoms with E-state index in [1.807, 2.05) is 0 Å². The third kappa shape index (κ3) is 1.85. The Morgan fingerprint density at radius 2 is 1.73 bits per heavy atom. The summed E-state index contributed by atoms with van der Waals surface area (Å²) in [6.07, 6.45) is 7.37. The van der Waals surface area contributed by atoms with Crippen molar-refractivity contribution in [2.45, 2.75) is 59.8 Å². The summed E-state index contributed by atoms with van der Waals surface area (Å²) in [5.74, 6) is 6.33. The molecular formula is C15H28. The quantitative estimate of drug-likeness (QED) is 0.585. The van der Waals surface area contributed by atoms with E-state index in [2.05, 4.69) is 27.7 Å². The first-order chi connectivity index (χ1) is 7.16. The summed E-state index contributed by atoms with van der Waals surface area (Å²) in [7, 11) is 0. The second-order valence-electron chi connectivity index (χ2n) is 6.33. The van der Waals surface area contributed by atoms with Gasteiger partial charge in [0, 0.05) is 0 Å². The zero-order chi connectivity index (χ0) is 11.0. The summed E-state index contributed by atoms with van der Waals surface area (Å²) in [6, 6.07) is 0. The minimum atomic E-state index is 0.999. The van der Waals surface area contributed by atoms with Crippen LogP contribution in [0.25, 0.3) is 0 Å². The van der Waals surface area contributed by atoms with Gasteiger partial charge >= 0.3 is 0 Å². The number of unbranched alkanes of at least 4 members (excludes halogenated alkanes) is 2. The van der Waals surface area contributed by atoms with Crippen molar-refractivity contribution in [2.24, 2.45) is 35.5 Å². The van der Waals surface area contributed by atoms with Crippen LogP contribution in [0.3, 0.4) is 0 Å². The fourth-order valence-corrected chi connectivity index (χ4v) is 4.54. The molecule has 0 amide bonds. The monoisotopic (exact) mass is 208 g/mol. The average molecular weight is 208 g/mol. The summed E-state index contributed by atoms with van der Waals surface area (Å²) >= 11 is 0.